The molecule has 3 nitrogen and oxygen atoms in total. The lowest BCUT2D eigenvalue weighted by Gasteiger charge is -2.40. The number of hydrogen-bond donors (Lipinski definition) is 0. The van der Waals surface area contributed by atoms with Crippen molar-refractivity contribution in [1.82, 2.24) is 0 Å². The molecule has 2 aliphatic heterocycles. The van der Waals surface area contributed by atoms with Gasteiger partial charge in [-0.1, -0.05) is 24.3 Å². The van der Waals surface area contributed by atoms with E-state index in [1.165, 1.54) is 23.9 Å². The second kappa shape index (κ2) is 5.30. The molecule has 0 aromatic heterocycles. The van der Waals surface area contributed by atoms with Gasteiger partial charge in [-0.15, -0.1) is 0 Å². The van der Waals surface area contributed by atoms with E-state index in [2.05, 4.69) is 35.2 Å². The molecule has 22 heavy (non-hydrogen) atoms. The summed E-state index contributed by atoms with van der Waals surface area (Å²) in [7, 11) is 1.83. The Morgan fingerprint density at radius 3 is 2.36 bits per heavy atom. The fourth-order valence-electron chi connectivity index (χ4n) is 4.32. The molecule has 2 aliphatic rings. The van der Waals surface area contributed by atoms with Gasteiger partial charge in [0.2, 0.25) is 0 Å². The summed E-state index contributed by atoms with van der Waals surface area (Å²) in [5, 5.41) is 11.6. The number of fused-ring (bicyclic) bond motifs is 3. The van der Waals surface area contributed by atoms with E-state index in [0.717, 1.165) is 23.8 Å². The van der Waals surface area contributed by atoms with Crippen LogP contribution in [0.15, 0.2) is 36.4 Å². The zero-order valence-corrected chi connectivity index (χ0v) is 12.8. The van der Waals surface area contributed by atoms with Gasteiger partial charge in [-0.3, -0.25) is 0 Å². The zero-order valence-electron chi connectivity index (χ0n) is 12.8. The first kappa shape index (κ1) is 13.6. The molecule has 1 unspecified atom stereocenters. The van der Waals surface area contributed by atoms with Crippen molar-refractivity contribution in [1.29, 1.82) is 5.26 Å². The fourth-order valence-corrected chi connectivity index (χ4v) is 4.32. The van der Waals surface area contributed by atoms with Crippen molar-refractivity contribution in [2.45, 2.75) is 43.9 Å². The molecule has 2 saturated heterocycles. The molecule has 3 heteroatoms. The highest BCUT2D eigenvalue weighted by Crippen LogP contribution is 2.42. The number of nitriles is 1. The van der Waals surface area contributed by atoms with Crippen molar-refractivity contribution >= 4 is 16.5 Å². The van der Waals surface area contributed by atoms with Crippen molar-refractivity contribution in [3.8, 4) is 6.07 Å². The average molecular weight is 292 g/mol. The lowest BCUT2D eigenvalue weighted by molar-refractivity contribution is 0.0684. The lowest BCUT2D eigenvalue weighted by Crippen LogP contribution is -2.45. The Balaban J connectivity index is 1.81. The third-order valence-corrected chi connectivity index (χ3v) is 5.32. The quantitative estimate of drug-likeness (QED) is 0.843. The van der Waals surface area contributed by atoms with Crippen LogP contribution in [-0.4, -0.2) is 25.3 Å². The highest BCUT2D eigenvalue weighted by molar-refractivity contribution is 5.98. The largest absolute Gasteiger partial charge is 0.381 e. The van der Waals surface area contributed by atoms with Gasteiger partial charge in [0.15, 0.2) is 0 Å². The summed E-state index contributed by atoms with van der Waals surface area (Å²) in [5.74, 6) is 0. The predicted octanol–water partition coefficient (Wildman–Crippen LogP) is 3.86. The molecular weight excluding hydrogens is 272 g/mol. The Bertz CT molecular complexity index is 735. The highest BCUT2D eigenvalue weighted by atomic mass is 16.5. The average Bonchev–Trinajstić information content (AvgIpc) is 2.83. The molecule has 4 rings (SSSR count). The standard InChI is InChI=1S/C19H20N2O/c1-22-16-10-14-7-8-15(11-16)21(14)19-9-6-13(12-20)17-4-2-3-5-18(17)19/h2-6,9,14-16H,7-8,10-11H2,1H3/t14-,15+,16?. The minimum atomic E-state index is 0.401. The number of ether oxygens (including phenoxy) is 1. The van der Waals surface area contributed by atoms with Crippen molar-refractivity contribution in [2.75, 3.05) is 12.0 Å². The molecule has 0 N–H and O–H groups in total. The predicted molar refractivity (Wildman–Crippen MR) is 88.0 cm³/mol. The molecule has 3 atom stereocenters. The molecule has 0 aliphatic carbocycles. The van der Waals surface area contributed by atoms with E-state index in [1.54, 1.807) is 0 Å². The van der Waals surface area contributed by atoms with E-state index in [1.807, 2.05) is 19.2 Å². The van der Waals surface area contributed by atoms with E-state index in [9.17, 15) is 5.26 Å². The molecule has 0 spiro atoms. The fraction of sp³-hybridized carbons (Fsp3) is 0.421. The molecule has 2 aromatic carbocycles. The summed E-state index contributed by atoms with van der Waals surface area (Å²) in [6.07, 6.45) is 5.12. The lowest BCUT2D eigenvalue weighted by atomic mass is 9.96. The Kier molecular flexibility index (Phi) is 3.28. The van der Waals surface area contributed by atoms with Crippen LogP contribution in [0.4, 0.5) is 5.69 Å². The van der Waals surface area contributed by atoms with Crippen LogP contribution in [-0.2, 0) is 4.74 Å². The van der Waals surface area contributed by atoms with Gasteiger partial charge in [0.25, 0.3) is 0 Å². The van der Waals surface area contributed by atoms with Crippen LogP contribution >= 0.6 is 0 Å². The Hall–Kier alpha value is -2.05. The number of benzene rings is 2. The van der Waals surface area contributed by atoms with Crippen molar-refractivity contribution in [3.05, 3.63) is 42.0 Å². The molecule has 2 fully saturated rings. The van der Waals surface area contributed by atoms with Crippen molar-refractivity contribution in [2.24, 2.45) is 0 Å². The van der Waals surface area contributed by atoms with Gasteiger partial charge in [-0.25, -0.2) is 0 Å². The van der Waals surface area contributed by atoms with Crippen LogP contribution in [0.2, 0.25) is 0 Å². The first-order valence-corrected chi connectivity index (χ1v) is 8.05. The highest BCUT2D eigenvalue weighted by Gasteiger charge is 2.41. The molecule has 0 saturated carbocycles. The third kappa shape index (κ3) is 1.99. The minimum absolute atomic E-state index is 0.401. The molecule has 112 valence electrons. The van der Waals surface area contributed by atoms with Crippen molar-refractivity contribution in [3.63, 3.8) is 0 Å². The Morgan fingerprint density at radius 1 is 1.05 bits per heavy atom. The Morgan fingerprint density at radius 2 is 1.73 bits per heavy atom. The van der Waals surface area contributed by atoms with Gasteiger partial charge < -0.3 is 9.64 Å². The van der Waals surface area contributed by atoms with E-state index < -0.39 is 0 Å². The number of nitrogens with zero attached hydrogens (tertiary/aromatic N) is 2. The normalized spacial score (nSPS) is 27.1. The number of anilines is 1. The molecule has 0 radical (unpaired) electrons. The van der Waals surface area contributed by atoms with E-state index in [-0.39, 0.29) is 0 Å². The van der Waals surface area contributed by atoms with Gasteiger partial charge in [0, 0.05) is 35.7 Å². The van der Waals surface area contributed by atoms with Crippen molar-refractivity contribution < 1.29 is 4.74 Å². The van der Waals surface area contributed by atoms with Gasteiger partial charge in [-0.2, -0.15) is 5.26 Å². The third-order valence-electron chi connectivity index (χ3n) is 5.32. The van der Waals surface area contributed by atoms with Crippen LogP contribution in [0.25, 0.3) is 10.8 Å². The monoisotopic (exact) mass is 292 g/mol. The second-order valence-electron chi connectivity index (χ2n) is 6.41. The maximum absolute atomic E-state index is 9.34. The summed E-state index contributed by atoms with van der Waals surface area (Å²) >= 11 is 0. The second-order valence-corrected chi connectivity index (χ2v) is 6.41. The first-order valence-electron chi connectivity index (χ1n) is 8.05. The maximum atomic E-state index is 9.34. The summed E-state index contributed by atoms with van der Waals surface area (Å²) in [6.45, 7) is 0. The number of piperidine rings is 1. The van der Waals surface area contributed by atoms with Gasteiger partial charge in [-0.05, 0) is 37.8 Å². The zero-order chi connectivity index (χ0) is 15.1. The SMILES string of the molecule is COC1C[C@H]2CC[C@@H](C1)N2c1ccc(C#N)c2ccccc12. The summed E-state index contributed by atoms with van der Waals surface area (Å²) < 4.78 is 5.61. The van der Waals surface area contributed by atoms with Gasteiger partial charge in [0.1, 0.15) is 0 Å². The number of methoxy groups -OCH3 is 1. The Labute approximate surface area is 131 Å². The maximum Gasteiger partial charge on any atom is 0.0998 e. The number of hydrogen-bond acceptors (Lipinski definition) is 3. The topological polar surface area (TPSA) is 36.3 Å². The molecule has 2 bridgehead atoms. The van der Waals surface area contributed by atoms with Gasteiger partial charge in [0.05, 0.1) is 17.7 Å². The molecule has 2 heterocycles. The molecule has 2 aromatic rings. The van der Waals surface area contributed by atoms with E-state index >= 15 is 0 Å². The van der Waals surface area contributed by atoms with E-state index in [4.69, 9.17) is 4.74 Å². The first-order chi connectivity index (χ1) is 10.8. The van der Waals surface area contributed by atoms with Crippen LogP contribution in [0.1, 0.15) is 31.2 Å². The summed E-state index contributed by atoms with van der Waals surface area (Å²) in [4.78, 5) is 2.60. The molecular formula is C19H20N2O. The number of rotatable bonds is 2. The minimum Gasteiger partial charge on any atom is -0.381 e. The van der Waals surface area contributed by atoms with Gasteiger partial charge >= 0.3 is 0 Å². The summed E-state index contributed by atoms with van der Waals surface area (Å²) in [6, 6.07) is 15.8. The van der Waals surface area contributed by atoms with Crippen LogP contribution < -0.4 is 4.90 Å². The summed E-state index contributed by atoms with van der Waals surface area (Å²) in [5.41, 5.74) is 2.05. The van der Waals surface area contributed by atoms with Crippen LogP contribution in [0.5, 0.6) is 0 Å². The smallest absolute Gasteiger partial charge is 0.0998 e. The van der Waals surface area contributed by atoms with E-state index in [0.29, 0.717) is 18.2 Å². The van der Waals surface area contributed by atoms with Crippen LogP contribution in [0, 0.1) is 11.3 Å². The van der Waals surface area contributed by atoms with Crippen LogP contribution in [0.3, 0.4) is 0 Å². The molecule has 0 amide bonds.